The number of benzene rings is 1. The number of nitrogens with two attached hydrogens (primary N) is 1. The van der Waals surface area contributed by atoms with Crippen molar-refractivity contribution in [2.75, 3.05) is 18.0 Å². The highest BCUT2D eigenvalue weighted by Crippen LogP contribution is 2.27. The number of carbonyl (C=O) groups excluding carboxylic acids is 1. The minimum Gasteiger partial charge on any atom is -0.327 e. The van der Waals surface area contributed by atoms with Crippen LogP contribution in [0.2, 0.25) is 0 Å². The predicted octanol–water partition coefficient (Wildman–Crippen LogP) is 1.48. The molecule has 0 unspecified atom stereocenters. The van der Waals surface area contributed by atoms with Gasteiger partial charge in [-0.05, 0) is 23.6 Å². The lowest BCUT2D eigenvalue weighted by atomic mass is 10.0. The van der Waals surface area contributed by atoms with Crippen LogP contribution in [-0.4, -0.2) is 19.0 Å². The Kier molecular flexibility index (Phi) is 3.06. The van der Waals surface area contributed by atoms with Gasteiger partial charge in [0.25, 0.3) is 0 Å². The molecule has 1 aliphatic rings. The smallest absolute Gasteiger partial charge is 0.227 e. The maximum absolute atomic E-state index is 11.9. The summed E-state index contributed by atoms with van der Waals surface area (Å²) < 4.78 is 0. The summed E-state index contributed by atoms with van der Waals surface area (Å²) in [6.45, 7) is 4.81. The zero-order chi connectivity index (χ0) is 11.5. The number of para-hydroxylation sites is 1. The van der Waals surface area contributed by atoms with Crippen molar-refractivity contribution in [2.24, 2.45) is 5.73 Å². The fourth-order valence-corrected chi connectivity index (χ4v) is 1.96. The van der Waals surface area contributed by atoms with E-state index in [-0.39, 0.29) is 5.91 Å². The van der Waals surface area contributed by atoms with Crippen LogP contribution >= 0.6 is 0 Å². The lowest BCUT2D eigenvalue weighted by molar-refractivity contribution is -0.118. The van der Waals surface area contributed by atoms with Crippen molar-refractivity contribution in [1.29, 1.82) is 0 Å². The molecule has 1 heterocycles. The van der Waals surface area contributed by atoms with Gasteiger partial charge in [-0.2, -0.15) is 0 Å². The topological polar surface area (TPSA) is 46.3 Å². The van der Waals surface area contributed by atoms with Gasteiger partial charge in [0.2, 0.25) is 5.91 Å². The number of amides is 1. The van der Waals surface area contributed by atoms with Crippen molar-refractivity contribution in [3.63, 3.8) is 0 Å². The minimum atomic E-state index is 0.160. The molecule has 0 spiro atoms. The Morgan fingerprint density at radius 1 is 1.38 bits per heavy atom. The molecule has 2 rings (SSSR count). The molecule has 0 saturated heterocycles. The first-order chi connectivity index (χ1) is 7.72. The van der Waals surface area contributed by atoms with Crippen LogP contribution in [0.1, 0.15) is 12.0 Å². The van der Waals surface area contributed by atoms with Crippen LogP contribution in [0.25, 0.3) is 0 Å². The summed E-state index contributed by atoms with van der Waals surface area (Å²) in [5, 5.41) is 0. The van der Waals surface area contributed by atoms with Crippen LogP contribution in [0.3, 0.4) is 0 Å². The van der Waals surface area contributed by atoms with Crippen molar-refractivity contribution in [2.45, 2.75) is 12.8 Å². The Morgan fingerprint density at radius 2 is 2.12 bits per heavy atom. The number of rotatable bonds is 3. The highest BCUT2D eigenvalue weighted by Gasteiger charge is 2.23. The highest BCUT2D eigenvalue weighted by molar-refractivity contribution is 5.96. The molecule has 2 N–H and O–H groups in total. The fraction of sp³-hybridized carbons (Fsp3) is 0.308. The van der Waals surface area contributed by atoms with E-state index < -0.39 is 0 Å². The van der Waals surface area contributed by atoms with Gasteiger partial charge in [0, 0.05) is 25.2 Å². The predicted molar refractivity (Wildman–Crippen MR) is 65.3 cm³/mol. The Morgan fingerprint density at radius 3 is 2.88 bits per heavy atom. The van der Waals surface area contributed by atoms with Gasteiger partial charge in [0.1, 0.15) is 0 Å². The van der Waals surface area contributed by atoms with Gasteiger partial charge < -0.3 is 10.6 Å². The van der Waals surface area contributed by atoms with Gasteiger partial charge in [-0.1, -0.05) is 24.8 Å². The molecule has 3 nitrogen and oxygen atoms in total. The van der Waals surface area contributed by atoms with Gasteiger partial charge in [-0.15, -0.1) is 0 Å². The van der Waals surface area contributed by atoms with Crippen molar-refractivity contribution >= 4 is 11.6 Å². The summed E-state index contributed by atoms with van der Waals surface area (Å²) in [5.41, 5.74) is 8.63. The number of anilines is 1. The quantitative estimate of drug-likeness (QED) is 0.778. The van der Waals surface area contributed by atoms with Gasteiger partial charge in [0.05, 0.1) is 0 Å². The van der Waals surface area contributed by atoms with Crippen LogP contribution in [0.15, 0.2) is 36.4 Å². The molecule has 0 fully saturated rings. The zero-order valence-electron chi connectivity index (χ0n) is 9.28. The SMILES string of the molecule is C=C(CN)CN1C(=O)CCc2ccccc21. The van der Waals surface area contributed by atoms with Crippen molar-refractivity contribution in [3.8, 4) is 0 Å². The highest BCUT2D eigenvalue weighted by atomic mass is 16.2. The van der Waals surface area contributed by atoms with E-state index in [4.69, 9.17) is 5.73 Å². The molecule has 0 atom stereocenters. The van der Waals surface area contributed by atoms with E-state index in [9.17, 15) is 4.79 Å². The molecule has 0 aliphatic carbocycles. The van der Waals surface area contributed by atoms with E-state index in [2.05, 4.69) is 12.6 Å². The largest absolute Gasteiger partial charge is 0.327 e. The van der Waals surface area contributed by atoms with E-state index >= 15 is 0 Å². The van der Waals surface area contributed by atoms with Crippen molar-refractivity contribution in [1.82, 2.24) is 0 Å². The molecule has 1 amide bonds. The van der Waals surface area contributed by atoms with Crippen LogP contribution < -0.4 is 10.6 Å². The first kappa shape index (κ1) is 10.9. The van der Waals surface area contributed by atoms with Crippen LogP contribution in [0.4, 0.5) is 5.69 Å². The molecule has 0 bridgehead atoms. The Bertz CT molecular complexity index is 426. The second kappa shape index (κ2) is 4.49. The number of hydrogen-bond donors (Lipinski definition) is 1. The summed E-state index contributed by atoms with van der Waals surface area (Å²) in [6, 6.07) is 8.01. The molecular weight excluding hydrogens is 200 g/mol. The Balaban J connectivity index is 2.29. The average molecular weight is 216 g/mol. The van der Waals surface area contributed by atoms with E-state index in [1.807, 2.05) is 18.2 Å². The molecule has 1 aromatic carbocycles. The number of hydrogen-bond acceptors (Lipinski definition) is 2. The van der Waals surface area contributed by atoms with E-state index in [0.29, 0.717) is 19.5 Å². The molecule has 3 heteroatoms. The standard InChI is InChI=1S/C13H16N2O/c1-10(8-14)9-15-12-5-3-2-4-11(12)6-7-13(15)16/h2-5H,1,6-9,14H2. The Hall–Kier alpha value is -1.61. The average Bonchev–Trinajstić information content (AvgIpc) is 2.32. The molecule has 1 aromatic rings. The first-order valence-electron chi connectivity index (χ1n) is 5.47. The molecular formula is C13H16N2O. The summed E-state index contributed by atoms with van der Waals surface area (Å²) in [4.78, 5) is 13.6. The second-order valence-electron chi connectivity index (χ2n) is 4.06. The molecule has 1 aliphatic heterocycles. The number of aryl methyl sites for hydroxylation is 1. The third-order valence-corrected chi connectivity index (χ3v) is 2.86. The summed E-state index contributed by atoms with van der Waals surface area (Å²) in [6.07, 6.45) is 1.41. The lowest BCUT2D eigenvalue weighted by Crippen LogP contribution is -2.37. The van der Waals surface area contributed by atoms with E-state index in [1.54, 1.807) is 4.90 Å². The molecule has 0 aromatic heterocycles. The second-order valence-corrected chi connectivity index (χ2v) is 4.06. The van der Waals surface area contributed by atoms with Gasteiger partial charge in [-0.3, -0.25) is 4.79 Å². The van der Waals surface area contributed by atoms with Gasteiger partial charge >= 0.3 is 0 Å². The number of nitrogens with zero attached hydrogens (tertiary/aromatic N) is 1. The molecule has 0 radical (unpaired) electrons. The number of fused-ring (bicyclic) bond motifs is 1. The fourth-order valence-electron chi connectivity index (χ4n) is 1.96. The van der Waals surface area contributed by atoms with Crippen molar-refractivity contribution < 1.29 is 4.79 Å². The normalized spacial score (nSPS) is 14.8. The summed E-state index contributed by atoms with van der Waals surface area (Å²) in [7, 11) is 0. The first-order valence-corrected chi connectivity index (χ1v) is 5.47. The maximum Gasteiger partial charge on any atom is 0.227 e. The maximum atomic E-state index is 11.9. The van der Waals surface area contributed by atoms with Crippen LogP contribution in [0.5, 0.6) is 0 Å². The molecule has 16 heavy (non-hydrogen) atoms. The molecule has 84 valence electrons. The Labute approximate surface area is 95.6 Å². The number of carbonyl (C=O) groups is 1. The summed E-state index contributed by atoms with van der Waals surface area (Å²) >= 11 is 0. The van der Waals surface area contributed by atoms with E-state index in [1.165, 1.54) is 5.56 Å². The monoisotopic (exact) mass is 216 g/mol. The zero-order valence-corrected chi connectivity index (χ0v) is 9.28. The third-order valence-electron chi connectivity index (χ3n) is 2.86. The van der Waals surface area contributed by atoms with Crippen LogP contribution in [0, 0.1) is 0 Å². The summed E-state index contributed by atoms with van der Waals surface area (Å²) in [5.74, 6) is 0.160. The van der Waals surface area contributed by atoms with E-state index in [0.717, 1.165) is 17.7 Å². The van der Waals surface area contributed by atoms with Gasteiger partial charge in [0.15, 0.2) is 0 Å². The van der Waals surface area contributed by atoms with Crippen molar-refractivity contribution in [3.05, 3.63) is 42.0 Å². The lowest BCUT2D eigenvalue weighted by Gasteiger charge is -2.29. The third kappa shape index (κ3) is 1.99. The molecule has 0 saturated carbocycles. The van der Waals surface area contributed by atoms with Crippen LogP contribution in [-0.2, 0) is 11.2 Å². The van der Waals surface area contributed by atoms with Gasteiger partial charge in [-0.25, -0.2) is 0 Å². The minimum absolute atomic E-state index is 0.160.